The third-order valence-electron chi connectivity index (χ3n) is 2.35. The topological polar surface area (TPSA) is 79.3 Å². The molecule has 100 valence electrons. The van der Waals surface area contributed by atoms with Crippen molar-refractivity contribution in [3.63, 3.8) is 0 Å². The first-order valence-electron chi connectivity index (χ1n) is 5.33. The van der Waals surface area contributed by atoms with Crippen LogP contribution in [-0.2, 0) is 10.0 Å². The highest BCUT2D eigenvalue weighted by Gasteiger charge is 2.17. The fourth-order valence-electron chi connectivity index (χ4n) is 1.44. The van der Waals surface area contributed by atoms with E-state index in [1.807, 2.05) is 0 Å². The first-order chi connectivity index (χ1) is 8.88. The van der Waals surface area contributed by atoms with E-state index in [0.717, 1.165) is 0 Å². The lowest BCUT2D eigenvalue weighted by Crippen LogP contribution is -2.14. The molecule has 2 rings (SSSR count). The van der Waals surface area contributed by atoms with Gasteiger partial charge in [0.2, 0.25) is 0 Å². The maximum atomic E-state index is 12.1. The van der Waals surface area contributed by atoms with E-state index in [1.165, 1.54) is 24.3 Å². The molecule has 2 aromatic rings. The van der Waals surface area contributed by atoms with Crippen LogP contribution in [0.3, 0.4) is 0 Å². The number of aromatic nitrogens is 1. The number of nitrogens with one attached hydrogen (secondary N) is 1. The molecule has 0 saturated carbocycles. The number of rotatable bonds is 3. The van der Waals surface area contributed by atoms with Gasteiger partial charge in [0.1, 0.15) is 0 Å². The van der Waals surface area contributed by atoms with Crippen LogP contribution in [-0.4, -0.2) is 18.5 Å². The standard InChI is InChI=1S/C12H11ClN2O3S/c1-8-5-6-11(16)12(14-8)15-19(17,18)10-4-2-3-9(13)7-10/h2-7,16H,1H3,(H,14,15). The zero-order valence-electron chi connectivity index (χ0n) is 9.96. The smallest absolute Gasteiger partial charge is 0.263 e. The fourth-order valence-corrected chi connectivity index (χ4v) is 2.76. The van der Waals surface area contributed by atoms with Crippen molar-refractivity contribution in [1.82, 2.24) is 4.98 Å². The Kier molecular flexibility index (Phi) is 3.64. The van der Waals surface area contributed by atoms with Crippen LogP contribution >= 0.6 is 11.6 Å². The maximum absolute atomic E-state index is 12.1. The summed E-state index contributed by atoms with van der Waals surface area (Å²) >= 11 is 5.75. The van der Waals surface area contributed by atoms with Crippen molar-refractivity contribution in [2.45, 2.75) is 11.8 Å². The van der Waals surface area contributed by atoms with E-state index in [2.05, 4.69) is 9.71 Å². The van der Waals surface area contributed by atoms with Crippen molar-refractivity contribution in [2.75, 3.05) is 4.72 Å². The van der Waals surface area contributed by atoms with E-state index in [4.69, 9.17) is 11.6 Å². The summed E-state index contributed by atoms with van der Waals surface area (Å²) < 4.78 is 26.4. The molecule has 0 spiro atoms. The molecule has 5 nitrogen and oxygen atoms in total. The maximum Gasteiger partial charge on any atom is 0.263 e. The van der Waals surface area contributed by atoms with E-state index < -0.39 is 10.0 Å². The third-order valence-corrected chi connectivity index (χ3v) is 3.92. The van der Waals surface area contributed by atoms with Gasteiger partial charge in [0, 0.05) is 10.7 Å². The van der Waals surface area contributed by atoms with Gasteiger partial charge in [0.15, 0.2) is 11.6 Å². The second-order valence-corrected chi connectivity index (χ2v) is 6.00. The Morgan fingerprint density at radius 2 is 2.00 bits per heavy atom. The molecule has 7 heteroatoms. The highest BCUT2D eigenvalue weighted by Crippen LogP contribution is 2.24. The van der Waals surface area contributed by atoms with Crippen LogP contribution in [0, 0.1) is 6.92 Å². The highest BCUT2D eigenvalue weighted by molar-refractivity contribution is 7.92. The van der Waals surface area contributed by atoms with Gasteiger partial charge in [-0.2, -0.15) is 0 Å². The lowest BCUT2D eigenvalue weighted by Gasteiger charge is -2.09. The SMILES string of the molecule is Cc1ccc(O)c(NS(=O)(=O)c2cccc(Cl)c2)n1. The summed E-state index contributed by atoms with van der Waals surface area (Å²) in [5.74, 6) is -0.351. The van der Waals surface area contributed by atoms with Crippen LogP contribution in [0.5, 0.6) is 5.75 Å². The predicted molar refractivity (Wildman–Crippen MR) is 72.9 cm³/mol. The quantitative estimate of drug-likeness (QED) is 0.912. The molecule has 0 saturated heterocycles. The molecule has 0 unspecified atom stereocenters. The van der Waals surface area contributed by atoms with E-state index in [0.29, 0.717) is 10.7 Å². The van der Waals surface area contributed by atoms with Crippen LogP contribution in [0.4, 0.5) is 5.82 Å². The van der Waals surface area contributed by atoms with Gasteiger partial charge in [0.05, 0.1) is 4.90 Å². The van der Waals surface area contributed by atoms with Crippen LogP contribution in [0.2, 0.25) is 5.02 Å². The van der Waals surface area contributed by atoms with Crippen LogP contribution in [0.15, 0.2) is 41.3 Å². The minimum Gasteiger partial charge on any atom is -0.504 e. The lowest BCUT2D eigenvalue weighted by molar-refractivity contribution is 0.475. The number of halogens is 1. The molecule has 1 heterocycles. The minimum absolute atomic E-state index is 0.00251. The van der Waals surface area contributed by atoms with E-state index in [1.54, 1.807) is 19.1 Å². The van der Waals surface area contributed by atoms with Crippen LogP contribution in [0.25, 0.3) is 0 Å². The van der Waals surface area contributed by atoms with Crippen molar-refractivity contribution >= 4 is 27.4 Å². The van der Waals surface area contributed by atoms with Gasteiger partial charge in [-0.05, 0) is 37.3 Å². The molecule has 0 aliphatic rings. The number of pyridine rings is 1. The summed E-state index contributed by atoms with van der Waals surface area (Å²) in [4.78, 5) is 3.94. The molecule has 19 heavy (non-hydrogen) atoms. The highest BCUT2D eigenvalue weighted by atomic mass is 35.5. The first kappa shape index (κ1) is 13.6. The van der Waals surface area contributed by atoms with Crippen molar-refractivity contribution in [3.05, 3.63) is 47.1 Å². The Bertz CT molecular complexity index is 717. The number of hydrogen-bond acceptors (Lipinski definition) is 4. The predicted octanol–water partition coefficient (Wildman–Crippen LogP) is 2.55. The number of hydrogen-bond donors (Lipinski definition) is 2. The summed E-state index contributed by atoms with van der Waals surface area (Å²) in [6.07, 6.45) is 0. The van der Waals surface area contributed by atoms with Gasteiger partial charge in [-0.1, -0.05) is 17.7 Å². The van der Waals surface area contributed by atoms with Crippen molar-refractivity contribution in [1.29, 1.82) is 0 Å². The zero-order valence-corrected chi connectivity index (χ0v) is 11.5. The largest absolute Gasteiger partial charge is 0.504 e. The first-order valence-corrected chi connectivity index (χ1v) is 7.19. The molecule has 1 aromatic carbocycles. The van der Waals surface area contributed by atoms with Crippen molar-refractivity contribution in [3.8, 4) is 5.75 Å². The van der Waals surface area contributed by atoms with Gasteiger partial charge in [-0.15, -0.1) is 0 Å². The van der Waals surface area contributed by atoms with Crippen molar-refractivity contribution < 1.29 is 13.5 Å². The Labute approximate surface area is 115 Å². The number of anilines is 1. The molecule has 0 fully saturated rings. The number of sulfonamides is 1. The molecular weight excluding hydrogens is 288 g/mol. The zero-order chi connectivity index (χ0) is 14.0. The third kappa shape index (κ3) is 3.15. The van der Waals surface area contributed by atoms with E-state index in [9.17, 15) is 13.5 Å². The summed E-state index contributed by atoms with van der Waals surface area (Å²) in [6.45, 7) is 1.69. The summed E-state index contributed by atoms with van der Waals surface area (Å²) in [5.41, 5.74) is 0.585. The average molecular weight is 299 g/mol. The Morgan fingerprint density at radius 1 is 1.26 bits per heavy atom. The molecule has 0 aliphatic carbocycles. The number of nitrogens with zero attached hydrogens (tertiary/aromatic N) is 1. The second kappa shape index (κ2) is 5.07. The molecule has 0 radical (unpaired) electrons. The molecule has 0 aliphatic heterocycles. The van der Waals surface area contributed by atoms with Crippen molar-refractivity contribution in [2.24, 2.45) is 0 Å². The van der Waals surface area contributed by atoms with Crippen LogP contribution < -0.4 is 4.72 Å². The van der Waals surface area contributed by atoms with Crippen LogP contribution in [0.1, 0.15) is 5.69 Å². The summed E-state index contributed by atoms with van der Waals surface area (Å²) in [6, 6.07) is 8.77. The normalized spacial score (nSPS) is 11.3. The van der Waals surface area contributed by atoms with Gasteiger partial charge in [0.25, 0.3) is 10.0 Å². The minimum atomic E-state index is -3.83. The molecule has 1 aromatic heterocycles. The van der Waals surface area contributed by atoms with E-state index >= 15 is 0 Å². The lowest BCUT2D eigenvalue weighted by atomic mass is 10.3. The molecule has 0 bridgehead atoms. The summed E-state index contributed by atoms with van der Waals surface area (Å²) in [7, 11) is -3.83. The Morgan fingerprint density at radius 3 is 2.68 bits per heavy atom. The molecule has 0 amide bonds. The molecule has 2 N–H and O–H groups in total. The average Bonchev–Trinajstić information content (AvgIpc) is 2.33. The Hall–Kier alpha value is -1.79. The number of aryl methyl sites for hydroxylation is 1. The van der Waals surface area contributed by atoms with Gasteiger partial charge in [-0.25, -0.2) is 13.4 Å². The monoisotopic (exact) mass is 298 g/mol. The van der Waals surface area contributed by atoms with Gasteiger partial charge >= 0.3 is 0 Å². The second-order valence-electron chi connectivity index (χ2n) is 3.88. The summed E-state index contributed by atoms with van der Waals surface area (Å²) in [5, 5.41) is 9.89. The van der Waals surface area contributed by atoms with Gasteiger partial charge < -0.3 is 5.11 Å². The number of benzene rings is 1. The molecular formula is C12H11ClN2O3S. The number of aromatic hydroxyl groups is 1. The fraction of sp³-hybridized carbons (Fsp3) is 0.0833. The van der Waals surface area contributed by atoms with Gasteiger partial charge in [-0.3, -0.25) is 4.72 Å². The van der Waals surface area contributed by atoms with E-state index in [-0.39, 0.29) is 16.5 Å². The Balaban J connectivity index is 2.39. The molecule has 0 atom stereocenters.